The third-order valence-corrected chi connectivity index (χ3v) is 7.49. The molecule has 2 atom stereocenters. The van der Waals surface area contributed by atoms with E-state index in [9.17, 15) is 17.6 Å². The molecule has 1 saturated heterocycles. The van der Waals surface area contributed by atoms with Crippen LogP contribution in [0.3, 0.4) is 0 Å². The monoisotopic (exact) mass is 577 g/mol. The Morgan fingerprint density at radius 2 is 1.95 bits per heavy atom. The van der Waals surface area contributed by atoms with Crippen molar-refractivity contribution in [3.63, 3.8) is 0 Å². The summed E-state index contributed by atoms with van der Waals surface area (Å²) in [5.41, 5.74) is 2.36. The summed E-state index contributed by atoms with van der Waals surface area (Å²) >= 11 is 1.56. The number of benzene rings is 2. The highest BCUT2D eigenvalue weighted by atomic mass is 32.2. The molecule has 6 nitrogen and oxygen atoms in total. The lowest BCUT2D eigenvalue weighted by Crippen LogP contribution is -2.49. The lowest BCUT2D eigenvalue weighted by atomic mass is 10.0. The third-order valence-electron chi connectivity index (χ3n) is 6.66. The molecule has 3 aromatic rings. The number of hydrogen-bond acceptors (Lipinski definition) is 6. The van der Waals surface area contributed by atoms with Crippen molar-refractivity contribution in [1.29, 1.82) is 0 Å². The van der Waals surface area contributed by atoms with Gasteiger partial charge in [-0.3, -0.25) is 4.31 Å². The highest BCUT2D eigenvalue weighted by Crippen LogP contribution is 2.31. The van der Waals surface area contributed by atoms with Gasteiger partial charge < -0.3 is 24.8 Å². The van der Waals surface area contributed by atoms with Gasteiger partial charge in [-0.15, -0.1) is 0 Å². The second-order valence-corrected chi connectivity index (χ2v) is 11.5. The van der Waals surface area contributed by atoms with Crippen molar-refractivity contribution in [2.24, 2.45) is 0 Å². The first-order chi connectivity index (χ1) is 19.0. The maximum atomic E-state index is 14.4. The number of nitrogens with zero attached hydrogens (tertiary/aromatic N) is 3. The Bertz CT molecular complexity index is 1360. The number of ether oxygens (including phenoxy) is 1. The Morgan fingerprint density at radius 1 is 1.15 bits per heavy atom. The van der Waals surface area contributed by atoms with Crippen LogP contribution in [0.5, 0.6) is 5.75 Å². The summed E-state index contributed by atoms with van der Waals surface area (Å²) in [6, 6.07) is 12.5. The molecule has 216 valence electrons. The van der Waals surface area contributed by atoms with Crippen LogP contribution in [0.4, 0.5) is 23.2 Å². The van der Waals surface area contributed by atoms with E-state index in [-0.39, 0.29) is 18.3 Å². The van der Waals surface area contributed by atoms with Gasteiger partial charge >= 0.3 is 6.18 Å². The smallest absolute Gasteiger partial charge is 0.406 e. The highest BCUT2D eigenvalue weighted by Gasteiger charge is 2.30. The number of piperidine rings is 1. The summed E-state index contributed by atoms with van der Waals surface area (Å²) in [6.07, 6.45) is -4.65. The number of methoxy groups -OCH3 is 1. The topological polar surface area (TPSA) is 44.7 Å². The van der Waals surface area contributed by atoms with Crippen LogP contribution in [0.15, 0.2) is 47.4 Å². The van der Waals surface area contributed by atoms with E-state index in [1.54, 1.807) is 37.3 Å². The molecule has 0 radical (unpaired) electrons. The van der Waals surface area contributed by atoms with Gasteiger partial charge in [0, 0.05) is 34.9 Å². The van der Waals surface area contributed by atoms with Gasteiger partial charge in [0.05, 0.1) is 25.0 Å². The molecule has 0 bridgehead atoms. The quantitative estimate of drug-likeness (QED) is 0.203. The lowest BCUT2D eigenvalue weighted by molar-refractivity contribution is -0.140. The minimum absolute atomic E-state index is 0.222. The number of fused-ring (bicyclic) bond motifs is 1. The fourth-order valence-corrected chi connectivity index (χ4v) is 5.49. The zero-order chi connectivity index (χ0) is 28.9. The Morgan fingerprint density at radius 3 is 2.65 bits per heavy atom. The van der Waals surface area contributed by atoms with Crippen LogP contribution in [-0.4, -0.2) is 80.0 Å². The molecule has 4 rings (SSSR count). The van der Waals surface area contributed by atoms with Crippen molar-refractivity contribution >= 4 is 28.5 Å². The molecule has 0 aliphatic carbocycles. The maximum absolute atomic E-state index is 14.4. The number of aromatic nitrogens is 1. The van der Waals surface area contributed by atoms with Crippen LogP contribution in [-0.2, 0) is 13.1 Å². The summed E-state index contributed by atoms with van der Waals surface area (Å²) < 4.78 is 63.4. The molecule has 0 saturated carbocycles. The van der Waals surface area contributed by atoms with Crippen molar-refractivity contribution in [2.75, 3.05) is 53.2 Å². The van der Waals surface area contributed by atoms with Crippen molar-refractivity contribution in [1.82, 2.24) is 19.1 Å². The molecule has 2 heterocycles. The molecule has 0 spiro atoms. The van der Waals surface area contributed by atoms with E-state index in [1.807, 2.05) is 54.6 Å². The fraction of sp³-hybridized carbons (Fsp3) is 0.448. The minimum Gasteiger partial charge on any atom is -0.495 e. The summed E-state index contributed by atoms with van der Waals surface area (Å²) in [5.74, 6) is 6.52. The lowest BCUT2D eigenvalue weighted by Gasteiger charge is -2.32. The van der Waals surface area contributed by atoms with Crippen LogP contribution in [0, 0.1) is 11.8 Å². The first-order valence-electron chi connectivity index (χ1n) is 13.0. The Labute approximate surface area is 237 Å². The maximum Gasteiger partial charge on any atom is 0.406 e. The average molecular weight is 578 g/mol. The number of anilines is 1. The van der Waals surface area contributed by atoms with E-state index in [0.29, 0.717) is 36.2 Å². The molecule has 2 aromatic carbocycles. The Balaban J connectivity index is 1.49. The SMILES string of the molecule is COc1cc(SN(C)C)ccc1NCC#Cc1cc2cc(CNC3CCN(C)CC3F)ccc2n1CC(F)(F)F. The summed E-state index contributed by atoms with van der Waals surface area (Å²) in [7, 11) is 7.38. The molecular weight excluding hydrogens is 542 g/mol. The molecular formula is C29H35F4N5OS. The van der Waals surface area contributed by atoms with Crippen LogP contribution >= 0.6 is 11.9 Å². The molecule has 1 aromatic heterocycles. The van der Waals surface area contributed by atoms with Gasteiger partial charge in [0.2, 0.25) is 0 Å². The first kappa shape index (κ1) is 30.1. The van der Waals surface area contributed by atoms with Crippen molar-refractivity contribution < 1.29 is 22.3 Å². The zero-order valence-corrected chi connectivity index (χ0v) is 23.9. The predicted molar refractivity (Wildman–Crippen MR) is 154 cm³/mol. The standard InChI is InChI=1S/C29H35F4N5OS/c1-36(2)40-23-8-9-26(28(16-23)39-4)34-12-5-6-22-15-21-14-20(7-10-27(21)38(22)19-29(31,32)33)17-35-25-11-13-37(3)18-24(25)30/h7-10,14-16,24-25,34-35H,11-13,17-19H2,1-4H3. The average Bonchev–Trinajstić information content (AvgIpc) is 3.21. The summed E-state index contributed by atoms with van der Waals surface area (Å²) in [6.45, 7) is 0.737. The third kappa shape index (κ3) is 8.07. The van der Waals surface area contributed by atoms with Crippen molar-refractivity contribution in [3.05, 3.63) is 53.7 Å². The first-order valence-corrected chi connectivity index (χ1v) is 13.8. The second-order valence-electron chi connectivity index (χ2n) is 10.1. The number of rotatable bonds is 9. The van der Waals surface area contributed by atoms with E-state index in [1.165, 1.54) is 4.57 Å². The van der Waals surface area contributed by atoms with Crippen molar-refractivity contribution in [2.45, 2.75) is 42.8 Å². The van der Waals surface area contributed by atoms with Gasteiger partial charge in [0.15, 0.2) is 0 Å². The van der Waals surface area contributed by atoms with Gasteiger partial charge in [-0.2, -0.15) is 13.2 Å². The minimum atomic E-state index is -4.40. The number of likely N-dealkylation sites (tertiary alicyclic amines) is 1. The second kappa shape index (κ2) is 13.2. The number of alkyl halides is 4. The van der Waals surface area contributed by atoms with E-state index >= 15 is 0 Å². The van der Waals surface area contributed by atoms with Gasteiger partial charge in [0.1, 0.15) is 18.5 Å². The van der Waals surface area contributed by atoms with Crippen LogP contribution in [0.25, 0.3) is 10.9 Å². The molecule has 2 N–H and O–H groups in total. The molecule has 40 heavy (non-hydrogen) atoms. The highest BCUT2D eigenvalue weighted by molar-refractivity contribution is 7.97. The number of nitrogens with one attached hydrogen (secondary N) is 2. The molecule has 0 amide bonds. The van der Waals surface area contributed by atoms with Gasteiger partial charge in [-0.1, -0.05) is 12.0 Å². The number of hydrogen-bond donors (Lipinski definition) is 2. The fourth-order valence-electron chi connectivity index (χ4n) is 4.78. The molecule has 1 aliphatic heterocycles. The largest absolute Gasteiger partial charge is 0.495 e. The molecule has 11 heteroatoms. The molecule has 1 fully saturated rings. The van der Waals surface area contributed by atoms with Crippen molar-refractivity contribution in [3.8, 4) is 17.6 Å². The molecule has 1 aliphatic rings. The Kier molecular flexibility index (Phi) is 9.90. The van der Waals surface area contributed by atoms with Crippen LogP contribution in [0.2, 0.25) is 0 Å². The van der Waals surface area contributed by atoms with E-state index in [4.69, 9.17) is 4.74 Å². The van der Waals surface area contributed by atoms with Gasteiger partial charge in [-0.25, -0.2) is 4.39 Å². The predicted octanol–water partition coefficient (Wildman–Crippen LogP) is 5.38. The molecule has 2 unspecified atom stereocenters. The van der Waals surface area contributed by atoms with E-state index in [0.717, 1.165) is 22.7 Å². The summed E-state index contributed by atoms with van der Waals surface area (Å²) in [5, 5.41) is 7.12. The summed E-state index contributed by atoms with van der Waals surface area (Å²) in [4.78, 5) is 2.98. The number of halogens is 4. The van der Waals surface area contributed by atoms with Crippen LogP contribution in [0.1, 0.15) is 17.7 Å². The van der Waals surface area contributed by atoms with Gasteiger partial charge in [0.25, 0.3) is 0 Å². The zero-order valence-electron chi connectivity index (χ0n) is 23.1. The van der Waals surface area contributed by atoms with Gasteiger partial charge in [-0.05, 0) is 93.9 Å². The van der Waals surface area contributed by atoms with Crippen LogP contribution < -0.4 is 15.4 Å². The van der Waals surface area contributed by atoms with E-state index in [2.05, 4.69) is 22.5 Å². The Hall–Kier alpha value is -2.91. The normalized spacial score (nSPS) is 18.1. The van der Waals surface area contributed by atoms with E-state index < -0.39 is 18.9 Å².